The summed E-state index contributed by atoms with van der Waals surface area (Å²) in [5.74, 6) is 5.72. The van der Waals surface area contributed by atoms with Gasteiger partial charge in [-0.25, -0.2) is 0 Å². The van der Waals surface area contributed by atoms with Crippen LogP contribution in [0.4, 0.5) is 0 Å². The molecule has 1 rings (SSSR count). The van der Waals surface area contributed by atoms with Gasteiger partial charge in [0.1, 0.15) is 0 Å². The Bertz CT molecular complexity index is 530. The Morgan fingerprint density at radius 1 is 1.35 bits per heavy atom. The summed E-state index contributed by atoms with van der Waals surface area (Å²) in [6.07, 6.45) is 0.414. The normalized spacial score (nSPS) is 10.7. The van der Waals surface area contributed by atoms with E-state index in [-0.39, 0.29) is 17.9 Å². The molecule has 1 aromatic rings. The molecule has 0 fully saturated rings. The molecule has 3 nitrogen and oxygen atoms in total. The fraction of sp³-hybridized carbons (Fsp3) is 0.471. The number of amides is 1. The van der Waals surface area contributed by atoms with Crippen LogP contribution in [-0.2, 0) is 0 Å². The smallest absolute Gasteiger partial charge is 0.252 e. The average Bonchev–Trinajstić information content (AvgIpc) is 2.36. The molecule has 0 saturated carbocycles. The number of hydrogen-bond acceptors (Lipinski definition) is 2. The van der Waals surface area contributed by atoms with Crippen molar-refractivity contribution in [3.63, 3.8) is 0 Å². The van der Waals surface area contributed by atoms with E-state index in [1.807, 2.05) is 19.1 Å². The maximum atomic E-state index is 12.2. The van der Waals surface area contributed by atoms with Crippen molar-refractivity contribution in [1.29, 1.82) is 0 Å². The molecule has 0 aromatic heterocycles. The summed E-state index contributed by atoms with van der Waals surface area (Å²) < 4.78 is 0. The monoisotopic (exact) mass is 273 g/mol. The van der Waals surface area contributed by atoms with Gasteiger partial charge in [-0.15, -0.1) is 0 Å². The highest BCUT2D eigenvalue weighted by Gasteiger charge is 2.15. The number of aliphatic hydroxyl groups is 1. The minimum atomic E-state index is -0.103. The molecule has 0 aliphatic rings. The first-order valence-corrected chi connectivity index (χ1v) is 6.82. The molecule has 0 heterocycles. The van der Waals surface area contributed by atoms with Crippen LogP contribution < -0.4 is 5.32 Å². The number of benzene rings is 1. The Morgan fingerprint density at radius 2 is 2.05 bits per heavy atom. The second-order valence-electron chi connectivity index (χ2n) is 6.07. The standard InChI is InChI=1S/C17H23NO2/c1-13-8-9-15(14(11-13)7-5-6-10-19)16(20)18-12-17(2,3)4/h8-9,11,19H,6,10,12H2,1-4H3,(H,18,20). The van der Waals surface area contributed by atoms with E-state index in [9.17, 15) is 4.79 Å². The van der Waals surface area contributed by atoms with Crippen LogP contribution in [0.15, 0.2) is 18.2 Å². The Balaban J connectivity index is 2.94. The molecule has 2 N–H and O–H groups in total. The molecule has 0 aliphatic carbocycles. The Hall–Kier alpha value is -1.79. The lowest BCUT2D eigenvalue weighted by Crippen LogP contribution is -2.32. The van der Waals surface area contributed by atoms with Crippen molar-refractivity contribution in [2.45, 2.75) is 34.1 Å². The van der Waals surface area contributed by atoms with Crippen LogP contribution in [0.2, 0.25) is 0 Å². The zero-order chi connectivity index (χ0) is 15.2. The first-order valence-electron chi connectivity index (χ1n) is 6.82. The summed E-state index contributed by atoms with van der Waals surface area (Å²) in [4.78, 5) is 12.2. The SMILES string of the molecule is Cc1ccc(C(=O)NCC(C)(C)C)c(C#CCCO)c1. The van der Waals surface area contributed by atoms with Crippen molar-refractivity contribution in [1.82, 2.24) is 5.32 Å². The van der Waals surface area contributed by atoms with E-state index in [2.05, 4.69) is 37.9 Å². The maximum absolute atomic E-state index is 12.2. The van der Waals surface area contributed by atoms with Gasteiger partial charge in [0.2, 0.25) is 0 Å². The van der Waals surface area contributed by atoms with Crippen LogP contribution in [0.3, 0.4) is 0 Å². The summed E-state index contributed by atoms with van der Waals surface area (Å²) in [6, 6.07) is 5.61. The molecular formula is C17H23NO2. The van der Waals surface area contributed by atoms with Gasteiger partial charge in [-0.2, -0.15) is 0 Å². The van der Waals surface area contributed by atoms with Gasteiger partial charge in [0, 0.05) is 18.5 Å². The van der Waals surface area contributed by atoms with Crippen molar-refractivity contribution < 1.29 is 9.90 Å². The van der Waals surface area contributed by atoms with Gasteiger partial charge in [0.15, 0.2) is 0 Å². The van der Waals surface area contributed by atoms with Crippen molar-refractivity contribution >= 4 is 5.91 Å². The third-order valence-corrected chi connectivity index (χ3v) is 2.66. The zero-order valence-corrected chi connectivity index (χ0v) is 12.7. The van der Waals surface area contributed by atoms with E-state index in [1.165, 1.54) is 0 Å². The van der Waals surface area contributed by atoms with Gasteiger partial charge >= 0.3 is 0 Å². The first kappa shape index (κ1) is 16.3. The Morgan fingerprint density at radius 3 is 2.65 bits per heavy atom. The highest BCUT2D eigenvalue weighted by atomic mass is 16.2. The Labute approximate surface area is 121 Å². The summed E-state index contributed by atoms with van der Waals surface area (Å²) in [6.45, 7) is 8.83. The fourth-order valence-electron chi connectivity index (χ4n) is 1.61. The molecule has 108 valence electrons. The quantitative estimate of drug-likeness (QED) is 0.831. The molecule has 3 heteroatoms. The minimum absolute atomic E-state index is 0.0321. The average molecular weight is 273 g/mol. The van der Waals surface area contributed by atoms with Crippen LogP contribution in [0, 0.1) is 24.2 Å². The van der Waals surface area contributed by atoms with Crippen molar-refractivity contribution in [3.05, 3.63) is 34.9 Å². The van der Waals surface area contributed by atoms with Gasteiger partial charge in [-0.3, -0.25) is 4.79 Å². The summed E-state index contributed by atoms with van der Waals surface area (Å²) in [5.41, 5.74) is 2.41. The van der Waals surface area contributed by atoms with Crippen LogP contribution in [-0.4, -0.2) is 24.2 Å². The fourth-order valence-corrected chi connectivity index (χ4v) is 1.61. The van der Waals surface area contributed by atoms with Gasteiger partial charge < -0.3 is 10.4 Å². The second kappa shape index (κ2) is 7.12. The van der Waals surface area contributed by atoms with E-state index in [0.29, 0.717) is 24.1 Å². The molecule has 20 heavy (non-hydrogen) atoms. The molecule has 1 amide bonds. The highest BCUT2D eigenvalue weighted by molar-refractivity contribution is 5.96. The lowest BCUT2D eigenvalue weighted by Gasteiger charge is -2.19. The summed E-state index contributed by atoms with van der Waals surface area (Å²) in [7, 11) is 0. The predicted molar refractivity (Wildman–Crippen MR) is 81.5 cm³/mol. The van der Waals surface area contributed by atoms with Gasteiger partial charge in [0.25, 0.3) is 5.91 Å². The number of nitrogens with one attached hydrogen (secondary N) is 1. The molecule has 0 saturated heterocycles. The van der Waals surface area contributed by atoms with Crippen molar-refractivity contribution in [2.75, 3.05) is 13.2 Å². The molecule has 0 spiro atoms. The number of rotatable bonds is 3. The van der Waals surface area contributed by atoms with Crippen molar-refractivity contribution in [3.8, 4) is 11.8 Å². The van der Waals surface area contributed by atoms with Gasteiger partial charge in [0.05, 0.1) is 12.2 Å². The Kier molecular flexibility index (Phi) is 5.79. The molecule has 1 aromatic carbocycles. The maximum Gasteiger partial charge on any atom is 0.252 e. The molecule has 0 radical (unpaired) electrons. The van der Waals surface area contributed by atoms with Crippen LogP contribution >= 0.6 is 0 Å². The number of carbonyl (C=O) groups excluding carboxylic acids is 1. The first-order chi connectivity index (χ1) is 9.33. The summed E-state index contributed by atoms with van der Waals surface area (Å²) in [5, 5.41) is 11.7. The third-order valence-electron chi connectivity index (χ3n) is 2.66. The van der Waals surface area contributed by atoms with E-state index in [4.69, 9.17) is 5.11 Å². The minimum Gasteiger partial charge on any atom is -0.395 e. The van der Waals surface area contributed by atoms with Crippen LogP contribution in [0.5, 0.6) is 0 Å². The second-order valence-corrected chi connectivity index (χ2v) is 6.07. The van der Waals surface area contributed by atoms with E-state index in [1.54, 1.807) is 6.07 Å². The molecule has 0 aliphatic heterocycles. The molecule has 0 bridgehead atoms. The number of aliphatic hydroxyl groups excluding tert-OH is 1. The van der Waals surface area contributed by atoms with E-state index < -0.39 is 0 Å². The molecular weight excluding hydrogens is 250 g/mol. The summed E-state index contributed by atoms with van der Waals surface area (Å²) >= 11 is 0. The molecule has 0 atom stereocenters. The van der Waals surface area contributed by atoms with Crippen molar-refractivity contribution in [2.24, 2.45) is 5.41 Å². The molecule has 0 unspecified atom stereocenters. The third kappa shape index (κ3) is 5.46. The number of hydrogen-bond donors (Lipinski definition) is 2. The number of aryl methyl sites for hydroxylation is 1. The predicted octanol–water partition coefficient (Wildman–Crippen LogP) is 2.50. The topological polar surface area (TPSA) is 49.3 Å². The lowest BCUT2D eigenvalue weighted by atomic mass is 9.96. The van der Waals surface area contributed by atoms with E-state index in [0.717, 1.165) is 5.56 Å². The highest BCUT2D eigenvalue weighted by Crippen LogP contribution is 2.13. The lowest BCUT2D eigenvalue weighted by molar-refractivity contribution is 0.0939. The zero-order valence-electron chi connectivity index (χ0n) is 12.7. The largest absolute Gasteiger partial charge is 0.395 e. The van der Waals surface area contributed by atoms with Gasteiger partial charge in [-0.05, 0) is 30.0 Å². The van der Waals surface area contributed by atoms with Crippen LogP contribution in [0.25, 0.3) is 0 Å². The van der Waals surface area contributed by atoms with E-state index >= 15 is 0 Å². The van der Waals surface area contributed by atoms with Gasteiger partial charge in [-0.1, -0.05) is 38.7 Å². The number of carbonyl (C=O) groups is 1. The van der Waals surface area contributed by atoms with Crippen LogP contribution in [0.1, 0.15) is 48.7 Å².